The summed E-state index contributed by atoms with van der Waals surface area (Å²) >= 11 is 0. The Balaban J connectivity index is 1.37. The zero-order chi connectivity index (χ0) is 26.7. The number of hydrogen-bond donors (Lipinski definition) is 1. The Hall–Kier alpha value is -3.88. The summed E-state index contributed by atoms with van der Waals surface area (Å²) in [4.78, 5) is 38.7. The van der Waals surface area contributed by atoms with Crippen molar-refractivity contribution >= 4 is 28.7 Å². The van der Waals surface area contributed by atoms with Gasteiger partial charge in [0.25, 0.3) is 0 Å². The molecule has 0 unspecified atom stereocenters. The van der Waals surface area contributed by atoms with E-state index in [4.69, 9.17) is 9.47 Å². The summed E-state index contributed by atoms with van der Waals surface area (Å²) in [5, 5.41) is 3.92. The highest BCUT2D eigenvalue weighted by molar-refractivity contribution is 5.90. The van der Waals surface area contributed by atoms with Gasteiger partial charge in [-0.05, 0) is 51.3 Å². The molecular weight excluding hydrogens is 482 g/mol. The van der Waals surface area contributed by atoms with Crippen LogP contribution >= 0.6 is 0 Å². The minimum atomic E-state index is -0.609. The first-order valence-corrected chi connectivity index (χ1v) is 13.2. The van der Waals surface area contributed by atoms with E-state index in [9.17, 15) is 9.59 Å². The number of rotatable bonds is 6. The van der Waals surface area contributed by atoms with Crippen molar-refractivity contribution in [3.63, 3.8) is 0 Å². The van der Waals surface area contributed by atoms with E-state index < -0.39 is 11.7 Å². The topological polar surface area (TPSA) is 96.9 Å². The maximum atomic E-state index is 12.8. The molecule has 0 bridgehead atoms. The fourth-order valence-electron chi connectivity index (χ4n) is 5.16. The minimum Gasteiger partial charge on any atom is -0.489 e. The standard InChI is InChI=1S/C29H35N5O4/c1-29(2,3)38-28(36)32-24-16-33(17-25(24)34-14-8-7-11-26(34)35)27-22-13-12-21(15-23(22)30-19-31-27)37-18-20-9-5-4-6-10-20/h4-6,9-10,12-13,15,19,24-25H,7-8,11,14,16-18H2,1-3H3,(H,32,36)/t24-,25-/m0/s1. The molecule has 2 saturated heterocycles. The molecule has 200 valence electrons. The maximum absolute atomic E-state index is 12.8. The largest absolute Gasteiger partial charge is 0.489 e. The highest BCUT2D eigenvalue weighted by atomic mass is 16.6. The van der Waals surface area contributed by atoms with Crippen LogP contribution in [0.1, 0.15) is 45.6 Å². The van der Waals surface area contributed by atoms with Crippen LogP contribution in [0.3, 0.4) is 0 Å². The number of carbonyl (C=O) groups excluding carboxylic acids is 2. The van der Waals surface area contributed by atoms with Crippen molar-refractivity contribution in [1.82, 2.24) is 20.2 Å². The zero-order valence-corrected chi connectivity index (χ0v) is 22.2. The summed E-state index contributed by atoms with van der Waals surface area (Å²) in [6.07, 6.45) is 3.48. The number of benzene rings is 2. The van der Waals surface area contributed by atoms with Gasteiger partial charge in [-0.25, -0.2) is 14.8 Å². The Morgan fingerprint density at radius 3 is 2.66 bits per heavy atom. The molecule has 9 nitrogen and oxygen atoms in total. The smallest absolute Gasteiger partial charge is 0.408 e. The van der Waals surface area contributed by atoms with Gasteiger partial charge in [0.1, 0.15) is 30.1 Å². The fourth-order valence-corrected chi connectivity index (χ4v) is 5.16. The molecule has 3 aromatic rings. The van der Waals surface area contributed by atoms with E-state index in [0.29, 0.717) is 32.7 Å². The summed E-state index contributed by atoms with van der Waals surface area (Å²) in [5.74, 6) is 1.63. The summed E-state index contributed by atoms with van der Waals surface area (Å²) in [7, 11) is 0. The number of ether oxygens (including phenoxy) is 2. The number of carbonyl (C=O) groups is 2. The lowest BCUT2D eigenvalue weighted by Crippen LogP contribution is -2.54. The van der Waals surface area contributed by atoms with E-state index in [0.717, 1.165) is 40.9 Å². The SMILES string of the molecule is CC(C)(C)OC(=O)N[C@H]1CN(c2ncnc3cc(OCc4ccccc4)ccc23)C[C@@H]1N1CCCCC1=O. The van der Waals surface area contributed by atoms with Gasteiger partial charge in [-0.1, -0.05) is 30.3 Å². The first kappa shape index (κ1) is 25.8. The van der Waals surface area contributed by atoms with Gasteiger partial charge in [0, 0.05) is 37.5 Å². The van der Waals surface area contributed by atoms with Gasteiger partial charge >= 0.3 is 6.09 Å². The zero-order valence-electron chi connectivity index (χ0n) is 22.2. The third-order valence-corrected chi connectivity index (χ3v) is 6.89. The van der Waals surface area contributed by atoms with Crippen molar-refractivity contribution in [3.05, 3.63) is 60.4 Å². The Bertz CT molecular complexity index is 1290. The average Bonchev–Trinajstić information content (AvgIpc) is 3.29. The van der Waals surface area contributed by atoms with Crippen molar-refractivity contribution in [2.45, 2.75) is 64.3 Å². The lowest BCUT2D eigenvalue weighted by Gasteiger charge is -2.35. The number of fused-ring (bicyclic) bond motifs is 1. The van der Waals surface area contributed by atoms with Crippen LogP contribution in [0.25, 0.3) is 10.9 Å². The number of hydrogen-bond acceptors (Lipinski definition) is 7. The van der Waals surface area contributed by atoms with Crippen LogP contribution in [-0.2, 0) is 16.1 Å². The van der Waals surface area contributed by atoms with Gasteiger partial charge < -0.3 is 24.6 Å². The lowest BCUT2D eigenvalue weighted by molar-refractivity contribution is -0.135. The summed E-state index contributed by atoms with van der Waals surface area (Å²) in [6, 6.07) is 15.4. The number of alkyl carbamates (subject to hydrolysis) is 1. The second-order valence-corrected chi connectivity index (χ2v) is 10.9. The average molecular weight is 518 g/mol. The maximum Gasteiger partial charge on any atom is 0.408 e. The molecule has 2 amide bonds. The Morgan fingerprint density at radius 1 is 1.08 bits per heavy atom. The van der Waals surface area contributed by atoms with E-state index in [-0.39, 0.29) is 18.0 Å². The quantitative estimate of drug-likeness (QED) is 0.521. The van der Waals surface area contributed by atoms with E-state index in [1.165, 1.54) is 0 Å². The van der Waals surface area contributed by atoms with E-state index in [1.807, 2.05) is 74.2 Å². The molecule has 2 fully saturated rings. The van der Waals surface area contributed by atoms with Crippen LogP contribution in [0.2, 0.25) is 0 Å². The minimum absolute atomic E-state index is 0.131. The van der Waals surface area contributed by atoms with Crippen molar-refractivity contribution < 1.29 is 19.1 Å². The predicted molar refractivity (Wildman–Crippen MR) is 145 cm³/mol. The van der Waals surface area contributed by atoms with Gasteiger partial charge in [-0.3, -0.25) is 4.79 Å². The highest BCUT2D eigenvalue weighted by Gasteiger charge is 2.41. The summed E-state index contributed by atoms with van der Waals surface area (Å²) in [6.45, 7) is 7.74. The number of nitrogens with one attached hydrogen (secondary N) is 1. The first-order valence-electron chi connectivity index (χ1n) is 13.2. The molecule has 0 spiro atoms. The monoisotopic (exact) mass is 517 g/mol. The number of aromatic nitrogens is 2. The molecule has 2 aliphatic heterocycles. The summed E-state index contributed by atoms with van der Waals surface area (Å²) < 4.78 is 11.5. The lowest BCUT2D eigenvalue weighted by atomic mass is 10.0. The van der Waals surface area contributed by atoms with Gasteiger partial charge in [0.2, 0.25) is 5.91 Å². The van der Waals surface area contributed by atoms with E-state index in [2.05, 4.69) is 20.2 Å². The number of likely N-dealkylation sites (tertiary alicyclic amines) is 1. The number of piperidine rings is 1. The normalized spacial score (nSPS) is 20.0. The molecule has 9 heteroatoms. The second kappa shape index (κ2) is 10.8. The third kappa shape index (κ3) is 5.98. The number of amides is 2. The number of anilines is 1. The van der Waals surface area contributed by atoms with Crippen molar-refractivity contribution in [2.75, 3.05) is 24.5 Å². The molecule has 0 saturated carbocycles. The molecule has 5 rings (SSSR count). The molecule has 0 radical (unpaired) electrons. The molecule has 38 heavy (non-hydrogen) atoms. The molecule has 3 heterocycles. The van der Waals surface area contributed by atoms with Crippen molar-refractivity contribution in [3.8, 4) is 5.75 Å². The molecule has 1 N–H and O–H groups in total. The predicted octanol–water partition coefficient (Wildman–Crippen LogP) is 4.30. The van der Waals surface area contributed by atoms with Crippen LogP contribution < -0.4 is 15.0 Å². The van der Waals surface area contributed by atoms with Crippen LogP contribution in [0.4, 0.5) is 10.6 Å². The molecule has 2 atom stereocenters. The van der Waals surface area contributed by atoms with Crippen LogP contribution in [0, 0.1) is 0 Å². The Kier molecular flexibility index (Phi) is 7.35. The molecule has 0 aliphatic carbocycles. The van der Waals surface area contributed by atoms with Gasteiger partial charge in [-0.2, -0.15) is 0 Å². The Labute approximate surface area is 223 Å². The molecule has 2 aliphatic rings. The highest BCUT2D eigenvalue weighted by Crippen LogP contribution is 2.31. The van der Waals surface area contributed by atoms with E-state index >= 15 is 0 Å². The summed E-state index contributed by atoms with van der Waals surface area (Å²) in [5.41, 5.74) is 1.26. The molecule has 2 aromatic carbocycles. The van der Waals surface area contributed by atoms with Crippen molar-refractivity contribution in [2.24, 2.45) is 0 Å². The first-order chi connectivity index (χ1) is 18.3. The van der Waals surface area contributed by atoms with Gasteiger partial charge in [-0.15, -0.1) is 0 Å². The van der Waals surface area contributed by atoms with Crippen LogP contribution in [0.5, 0.6) is 5.75 Å². The van der Waals surface area contributed by atoms with E-state index in [1.54, 1.807) is 6.33 Å². The van der Waals surface area contributed by atoms with Crippen LogP contribution in [0.15, 0.2) is 54.9 Å². The van der Waals surface area contributed by atoms with Crippen molar-refractivity contribution in [1.29, 1.82) is 0 Å². The Morgan fingerprint density at radius 2 is 1.89 bits per heavy atom. The van der Waals surface area contributed by atoms with Crippen LogP contribution in [-0.4, -0.2) is 64.2 Å². The second-order valence-electron chi connectivity index (χ2n) is 10.9. The third-order valence-electron chi connectivity index (χ3n) is 6.89. The van der Waals surface area contributed by atoms with Gasteiger partial charge in [0.05, 0.1) is 17.6 Å². The number of nitrogens with zero attached hydrogens (tertiary/aromatic N) is 4. The fraction of sp³-hybridized carbons (Fsp3) is 0.448. The molecular formula is C29H35N5O4. The molecule has 1 aromatic heterocycles. The van der Waals surface area contributed by atoms with Gasteiger partial charge in [0.15, 0.2) is 0 Å².